The van der Waals surface area contributed by atoms with Crippen LogP contribution in [-0.4, -0.2) is 56.7 Å². The van der Waals surface area contributed by atoms with E-state index in [1.54, 1.807) is 6.08 Å². The molecular weight excluding hydrogens is 392 g/mol. The van der Waals surface area contributed by atoms with E-state index >= 15 is 0 Å². The predicted octanol–water partition coefficient (Wildman–Crippen LogP) is 3.17. The highest BCUT2D eigenvalue weighted by molar-refractivity contribution is 5.81. The van der Waals surface area contributed by atoms with Gasteiger partial charge in [0, 0.05) is 45.5 Å². The monoisotopic (exact) mass is 428 g/mol. The molecule has 8 nitrogen and oxygen atoms in total. The van der Waals surface area contributed by atoms with E-state index in [-0.39, 0.29) is 35.8 Å². The third kappa shape index (κ3) is 8.83. The fraction of sp³-hybridized carbons (Fsp3) is 0.773. The van der Waals surface area contributed by atoms with Crippen LogP contribution in [0.4, 0.5) is 0 Å². The standard InChI is InChI=1S/C22H36O8/c1-6-27-22(28-7-2)21-17(12-10-8-9-11-13-20(25)26-5)18(29-15(3)23)14-19(21)30-16(4)24/h11,13,17-19,21-22H,6-10,12,14H2,1-5H3/t17-,18-,19+,21+/m0/s1. The topological polar surface area (TPSA) is 97.4 Å². The first-order chi connectivity index (χ1) is 14.3. The van der Waals surface area contributed by atoms with Crippen LogP contribution in [0.2, 0.25) is 0 Å². The fourth-order valence-corrected chi connectivity index (χ4v) is 4.02. The lowest BCUT2D eigenvalue weighted by Gasteiger charge is -2.32. The number of unbranched alkanes of at least 4 members (excludes halogenated alkanes) is 2. The van der Waals surface area contributed by atoms with Crippen LogP contribution in [0.3, 0.4) is 0 Å². The van der Waals surface area contributed by atoms with Crippen molar-refractivity contribution in [1.29, 1.82) is 0 Å². The van der Waals surface area contributed by atoms with Crippen LogP contribution in [0.1, 0.15) is 59.8 Å². The molecule has 1 aliphatic rings. The minimum atomic E-state index is -0.547. The Morgan fingerprint density at radius 1 is 0.967 bits per heavy atom. The third-order valence-corrected chi connectivity index (χ3v) is 5.09. The van der Waals surface area contributed by atoms with Gasteiger partial charge in [-0.2, -0.15) is 0 Å². The first-order valence-corrected chi connectivity index (χ1v) is 10.7. The summed E-state index contributed by atoms with van der Waals surface area (Å²) < 4.78 is 27.4. The van der Waals surface area contributed by atoms with Gasteiger partial charge in [-0.3, -0.25) is 9.59 Å². The molecule has 4 atom stereocenters. The Balaban J connectivity index is 2.92. The molecular formula is C22H36O8. The van der Waals surface area contributed by atoms with Crippen molar-refractivity contribution in [3.05, 3.63) is 12.2 Å². The summed E-state index contributed by atoms with van der Waals surface area (Å²) in [5, 5.41) is 0. The van der Waals surface area contributed by atoms with E-state index in [4.69, 9.17) is 18.9 Å². The summed E-state index contributed by atoms with van der Waals surface area (Å²) in [7, 11) is 1.34. The van der Waals surface area contributed by atoms with Gasteiger partial charge in [0.2, 0.25) is 0 Å². The number of methoxy groups -OCH3 is 1. The number of hydrogen-bond acceptors (Lipinski definition) is 8. The van der Waals surface area contributed by atoms with Gasteiger partial charge in [-0.1, -0.05) is 12.5 Å². The molecule has 0 aromatic rings. The summed E-state index contributed by atoms with van der Waals surface area (Å²) in [6.45, 7) is 7.43. The molecule has 0 N–H and O–H groups in total. The number of ether oxygens (including phenoxy) is 5. The van der Waals surface area contributed by atoms with Crippen molar-refractivity contribution >= 4 is 17.9 Å². The Labute approximate surface area is 179 Å². The maximum atomic E-state index is 11.7. The van der Waals surface area contributed by atoms with E-state index in [1.165, 1.54) is 27.0 Å². The summed E-state index contributed by atoms with van der Waals surface area (Å²) >= 11 is 0. The highest BCUT2D eigenvalue weighted by Crippen LogP contribution is 2.43. The van der Waals surface area contributed by atoms with Crippen molar-refractivity contribution in [2.45, 2.75) is 78.3 Å². The molecule has 1 aliphatic carbocycles. The van der Waals surface area contributed by atoms with Gasteiger partial charge in [0.15, 0.2) is 6.29 Å². The van der Waals surface area contributed by atoms with Crippen LogP contribution in [0.5, 0.6) is 0 Å². The minimum absolute atomic E-state index is 0.0639. The zero-order valence-electron chi connectivity index (χ0n) is 18.8. The highest BCUT2D eigenvalue weighted by atomic mass is 16.7. The zero-order chi connectivity index (χ0) is 22.5. The number of rotatable bonds is 13. The second-order valence-electron chi connectivity index (χ2n) is 7.26. The second-order valence-corrected chi connectivity index (χ2v) is 7.26. The van der Waals surface area contributed by atoms with Gasteiger partial charge < -0.3 is 23.7 Å². The van der Waals surface area contributed by atoms with Crippen molar-refractivity contribution in [2.24, 2.45) is 11.8 Å². The van der Waals surface area contributed by atoms with Crippen LogP contribution in [-0.2, 0) is 38.1 Å². The molecule has 8 heteroatoms. The smallest absolute Gasteiger partial charge is 0.330 e. The van der Waals surface area contributed by atoms with Gasteiger partial charge in [0.1, 0.15) is 12.2 Å². The maximum Gasteiger partial charge on any atom is 0.330 e. The normalized spacial score (nSPS) is 23.7. The van der Waals surface area contributed by atoms with E-state index in [0.29, 0.717) is 19.6 Å². The Morgan fingerprint density at radius 2 is 1.57 bits per heavy atom. The molecule has 0 saturated heterocycles. The summed E-state index contributed by atoms with van der Waals surface area (Å²) in [5.41, 5.74) is 0. The maximum absolute atomic E-state index is 11.7. The third-order valence-electron chi connectivity index (χ3n) is 5.09. The first-order valence-electron chi connectivity index (χ1n) is 10.7. The van der Waals surface area contributed by atoms with Crippen molar-refractivity contribution in [2.75, 3.05) is 20.3 Å². The molecule has 1 saturated carbocycles. The minimum Gasteiger partial charge on any atom is -0.466 e. The molecule has 0 radical (unpaired) electrons. The Hall–Kier alpha value is -1.93. The highest BCUT2D eigenvalue weighted by Gasteiger charge is 2.50. The molecule has 0 unspecified atom stereocenters. The number of carbonyl (C=O) groups excluding carboxylic acids is 3. The fourth-order valence-electron chi connectivity index (χ4n) is 4.02. The van der Waals surface area contributed by atoms with Crippen LogP contribution in [0, 0.1) is 11.8 Å². The van der Waals surface area contributed by atoms with Crippen molar-refractivity contribution < 1.29 is 38.1 Å². The average molecular weight is 429 g/mol. The van der Waals surface area contributed by atoms with Gasteiger partial charge in [0.25, 0.3) is 0 Å². The molecule has 0 heterocycles. The lowest BCUT2D eigenvalue weighted by Crippen LogP contribution is -2.39. The second kappa shape index (κ2) is 14.1. The number of hydrogen-bond donors (Lipinski definition) is 0. The Kier molecular flexibility index (Phi) is 12.3. The van der Waals surface area contributed by atoms with Gasteiger partial charge in [-0.25, -0.2) is 4.79 Å². The van der Waals surface area contributed by atoms with E-state index in [9.17, 15) is 14.4 Å². The van der Waals surface area contributed by atoms with Crippen LogP contribution >= 0.6 is 0 Å². The van der Waals surface area contributed by atoms with E-state index in [2.05, 4.69) is 4.74 Å². The van der Waals surface area contributed by atoms with E-state index < -0.39 is 12.4 Å². The molecule has 0 amide bonds. The molecule has 30 heavy (non-hydrogen) atoms. The number of esters is 3. The summed E-state index contributed by atoms with van der Waals surface area (Å²) in [6, 6.07) is 0. The molecule has 0 spiro atoms. The molecule has 1 fully saturated rings. The lowest BCUT2D eigenvalue weighted by atomic mass is 9.87. The Morgan fingerprint density at radius 3 is 2.10 bits per heavy atom. The number of allylic oxidation sites excluding steroid dienone is 1. The van der Waals surface area contributed by atoms with Crippen molar-refractivity contribution in [3.63, 3.8) is 0 Å². The van der Waals surface area contributed by atoms with Crippen LogP contribution in [0.25, 0.3) is 0 Å². The quantitative estimate of drug-likeness (QED) is 0.145. The average Bonchev–Trinajstić information content (AvgIpc) is 2.99. The largest absolute Gasteiger partial charge is 0.466 e. The van der Waals surface area contributed by atoms with Crippen LogP contribution < -0.4 is 0 Å². The van der Waals surface area contributed by atoms with Crippen molar-refractivity contribution in [3.8, 4) is 0 Å². The van der Waals surface area contributed by atoms with E-state index in [1.807, 2.05) is 13.8 Å². The molecule has 0 aromatic carbocycles. The summed E-state index contributed by atoms with van der Waals surface area (Å²) in [6.07, 6.45) is 5.45. The molecule has 0 aliphatic heterocycles. The van der Waals surface area contributed by atoms with Gasteiger partial charge >= 0.3 is 17.9 Å². The van der Waals surface area contributed by atoms with Crippen molar-refractivity contribution in [1.82, 2.24) is 0 Å². The van der Waals surface area contributed by atoms with E-state index in [0.717, 1.165) is 25.7 Å². The van der Waals surface area contributed by atoms with Crippen LogP contribution in [0.15, 0.2) is 12.2 Å². The van der Waals surface area contributed by atoms with Gasteiger partial charge in [0.05, 0.1) is 13.0 Å². The SMILES string of the molecule is CCOC(OCC)[C@@H]1[C@@H](CCCCC=CC(=O)OC)[C@@H](OC(C)=O)C[C@H]1OC(C)=O. The predicted molar refractivity (Wildman–Crippen MR) is 109 cm³/mol. The first kappa shape index (κ1) is 26.1. The van der Waals surface area contributed by atoms with Gasteiger partial charge in [-0.15, -0.1) is 0 Å². The number of carbonyl (C=O) groups is 3. The molecule has 0 aromatic heterocycles. The molecule has 1 rings (SSSR count). The summed E-state index contributed by atoms with van der Waals surface area (Å²) in [4.78, 5) is 34.5. The lowest BCUT2D eigenvalue weighted by molar-refractivity contribution is -0.199. The molecule has 0 bridgehead atoms. The van der Waals surface area contributed by atoms with Gasteiger partial charge in [-0.05, 0) is 33.1 Å². The Bertz CT molecular complexity index is 567. The summed E-state index contributed by atoms with van der Waals surface area (Å²) in [5.74, 6) is -1.42. The zero-order valence-corrected chi connectivity index (χ0v) is 18.8. The molecule has 172 valence electrons.